The smallest absolute Gasteiger partial charge is 0.249 e. The number of aromatic amines is 1. The molecule has 1 heterocycles. The van der Waals surface area contributed by atoms with E-state index in [9.17, 15) is 4.79 Å². The second-order valence-electron chi connectivity index (χ2n) is 4.77. The van der Waals surface area contributed by atoms with Gasteiger partial charge in [0.05, 0.1) is 6.54 Å². The molecule has 0 fully saturated rings. The SMILES string of the molecule is CC.CCc1cc2[nH]c(CNC(=O)C(C)OC)cc2cc1Cl. The lowest BCUT2D eigenvalue weighted by molar-refractivity contribution is -0.130. The van der Waals surface area contributed by atoms with Crippen molar-refractivity contribution in [2.75, 3.05) is 7.11 Å². The molecule has 2 aromatic rings. The van der Waals surface area contributed by atoms with Crippen molar-refractivity contribution in [2.45, 2.75) is 46.8 Å². The molecule has 22 heavy (non-hydrogen) atoms. The van der Waals surface area contributed by atoms with Gasteiger partial charge < -0.3 is 15.0 Å². The van der Waals surface area contributed by atoms with Crippen molar-refractivity contribution in [3.05, 3.63) is 34.5 Å². The molecule has 122 valence electrons. The summed E-state index contributed by atoms with van der Waals surface area (Å²) in [7, 11) is 1.52. The average molecular weight is 325 g/mol. The Balaban J connectivity index is 0.00000116. The first-order valence-electron chi connectivity index (χ1n) is 7.65. The maximum Gasteiger partial charge on any atom is 0.249 e. The van der Waals surface area contributed by atoms with E-state index in [0.29, 0.717) is 6.54 Å². The molecule has 1 atom stereocenters. The molecule has 0 bridgehead atoms. The molecule has 0 radical (unpaired) electrons. The highest BCUT2D eigenvalue weighted by Crippen LogP contribution is 2.25. The number of methoxy groups -OCH3 is 1. The summed E-state index contributed by atoms with van der Waals surface area (Å²) in [5, 5.41) is 4.66. The summed E-state index contributed by atoms with van der Waals surface area (Å²) in [6.07, 6.45) is 0.450. The minimum Gasteiger partial charge on any atom is -0.372 e. The van der Waals surface area contributed by atoms with Crippen molar-refractivity contribution in [3.8, 4) is 0 Å². The molecule has 1 unspecified atom stereocenters. The van der Waals surface area contributed by atoms with Gasteiger partial charge in [0.2, 0.25) is 5.91 Å². The number of hydrogen-bond acceptors (Lipinski definition) is 2. The third-order valence-corrected chi connectivity index (χ3v) is 3.75. The molecule has 0 aliphatic carbocycles. The van der Waals surface area contributed by atoms with Crippen LogP contribution in [0.1, 0.15) is 39.0 Å². The zero-order valence-electron chi connectivity index (χ0n) is 13.9. The van der Waals surface area contributed by atoms with E-state index in [1.54, 1.807) is 6.92 Å². The maximum atomic E-state index is 11.6. The summed E-state index contributed by atoms with van der Waals surface area (Å²) in [6.45, 7) is 8.23. The van der Waals surface area contributed by atoms with E-state index >= 15 is 0 Å². The van der Waals surface area contributed by atoms with Crippen molar-refractivity contribution >= 4 is 28.4 Å². The van der Waals surface area contributed by atoms with Crippen LogP contribution in [0.4, 0.5) is 0 Å². The molecule has 1 amide bonds. The molecule has 2 N–H and O–H groups in total. The second kappa shape index (κ2) is 8.81. The van der Waals surface area contributed by atoms with E-state index in [4.69, 9.17) is 16.3 Å². The summed E-state index contributed by atoms with van der Waals surface area (Å²) in [5.41, 5.74) is 3.10. The Morgan fingerprint density at radius 2 is 2.05 bits per heavy atom. The van der Waals surface area contributed by atoms with Crippen LogP contribution < -0.4 is 5.32 Å². The van der Waals surface area contributed by atoms with Crippen LogP contribution in [-0.4, -0.2) is 24.1 Å². The van der Waals surface area contributed by atoms with Crippen molar-refractivity contribution in [2.24, 2.45) is 0 Å². The van der Waals surface area contributed by atoms with Gasteiger partial charge in [0.25, 0.3) is 0 Å². The van der Waals surface area contributed by atoms with Crippen molar-refractivity contribution in [1.82, 2.24) is 10.3 Å². The molecule has 0 spiro atoms. The number of carbonyl (C=O) groups is 1. The number of rotatable bonds is 5. The lowest BCUT2D eigenvalue weighted by Gasteiger charge is -2.09. The standard InChI is InChI=1S/C15H19ClN2O2.C2H6/c1-4-10-7-14-11(6-13(10)16)5-12(18-14)8-17-15(19)9(2)20-3;1-2/h5-7,9,18H,4,8H2,1-3H3,(H,17,19);1-2H3. The van der Waals surface area contributed by atoms with Gasteiger partial charge in [-0.1, -0.05) is 32.4 Å². The molecule has 0 aliphatic heterocycles. The summed E-state index contributed by atoms with van der Waals surface area (Å²) in [4.78, 5) is 14.9. The molecule has 1 aromatic carbocycles. The van der Waals surface area contributed by atoms with E-state index in [-0.39, 0.29) is 5.91 Å². The molecule has 4 nitrogen and oxygen atoms in total. The van der Waals surface area contributed by atoms with Crippen LogP contribution in [0.3, 0.4) is 0 Å². The van der Waals surface area contributed by atoms with Crippen LogP contribution >= 0.6 is 11.6 Å². The molecule has 0 saturated heterocycles. The zero-order valence-corrected chi connectivity index (χ0v) is 14.7. The van der Waals surface area contributed by atoms with Gasteiger partial charge in [0.1, 0.15) is 6.10 Å². The van der Waals surface area contributed by atoms with Crippen LogP contribution in [-0.2, 0) is 22.5 Å². The molecular weight excluding hydrogens is 300 g/mol. The third-order valence-electron chi connectivity index (χ3n) is 3.40. The van der Waals surface area contributed by atoms with Crippen LogP contribution in [0.25, 0.3) is 10.9 Å². The number of benzene rings is 1. The fourth-order valence-electron chi connectivity index (χ4n) is 2.06. The van der Waals surface area contributed by atoms with Gasteiger partial charge in [0.15, 0.2) is 0 Å². The second-order valence-corrected chi connectivity index (χ2v) is 5.18. The number of amides is 1. The number of fused-ring (bicyclic) bond motifs is 1. The summed E-state index contributed by atoms with van der Waals surface area (Å²) < 4.78 is 4.97. The number of H-pyrrole nitrogens is 1. The molecule has 2 rings (SSSR count). The van der Waals surface area contributed by atoms with Gasteiger partial charge >= 0.3 is 0 Å². The van der Waals surface area contributed by atoms with Crippen molar-refractivity contribution < 1.29 is 9.53 Å². The number of aromatic nitrogens is 1. The highest BCUT2D eigenvalue weighted by molar-refractivity contribution is 6.32. The minimum atomic E-state index is -0.444. The molecule has 0 saturated carbocycles. The Morgan fingerprint density at radius 3 is 2.64 bits per heavy atom. The topological polar surface area (TPSA) is 54.1 Å². The highest BCUT2D eigenvalue weighted by Gasteiger charge is 2.11. The van der Waals surface area contributed by atoms with E-state index < -0.39 is 6.10 Å². The predicted octanol–water partition coefficient (Wildman–Crippen LogP) is 4.06. The molecule has 5 heteroatoms. The van der Waals surface area contributed by atoms with Gasteiger partial charge in [-0.25, -0.2) is 0 Å². The van der Waals surface area contributed by atoms with E-state index in [2.05, 4.69) is 23.3 Å². The normalized spacial score (nSPS) is 11.7. The Labute approximate surface area is 137 Å². The third kappa shape index (κ3) is 4.49. The van der Waals surface area contributed by atoms with E-state index in [1.807, 2.05) is 26.0 Å². The fourth-order valence-corrected chi connectivity index (χ4v) is 2.36. The number of hydrogen-bond donors (Lipinski definition) is 2. The number of aryl methyl sites for hydroxylation is 1. The predicted molar refractivity (Wildman–Crippen MR) is 92.4 cm³/mol. The van der Waals surface area contributed by atoms with E-state index in [0.717, 1.165) is 33.6 Å². The molecule has 1 aromatic heterocycles. The average Bonchev–Trinajstić information content (AvgIpc) is 2.94. The summed E-state index contributed by atoms with van der Waals surface area (Å²) in [6, 6.07) is 6.01. The Hall–Kier alpha value is -1.52. The summed E-state index contributed by atoms with van der Waals surface area (Å²) in [5.74, 6) is -0.126. The Kier molecular flexibility index (Phi) is 7.42. The van der Waals surface area contributed by atoms with Crippen LogP contribution in [0, 0.1) is 0 Å². The van der Waals surface area contributed by atoms with Gasteiger partial charge in [-0.05, 0) is 37.1 Å². The monoisotopic (exact) mass is 324 g/mol. The lowest BCUT2D eigenvalue weighted by Crippen LogP contribution is -2.33. The van der Waals surface area contributed by atoms with E-state index in [1.165, 1.54) is 7.11 Å². The maximum absolute atomic E-state index is 11.6. The number of carbonyl (C=O) groups excluding carboxylic acids is 1. The zero-order chi connectivity index (χ0) is 16.7. The molecule has 0 aliphatic rings. The quantitative estimate of drug-likeness (QED) is 0.871. The first kappa shape index (κ1) is 18.5. The lowest BCUT2D eigenvalue weighted by atomic mass is 10.1. The largest absolute Gasteiger partial charge is 0.372 e. The van der Waals surface area contributed by atoms with Crippen molar-refractivity contribution in [1.29, 1.82) is 0 Å². The molecular formula is C17H25ClN2O2. The van der Waals surface area contributed by atoms with Gasteiger partial charge in [-0.3, -0.25) is 4.79 Å². The van der Waals surface area contributed by atoms with Crippen LogP contribution in [0.15, 0.2) is 18.2 Å². The fraction of sp³-hybridized carbons (Fsp3) is 0.471. The van der Waals surface area contributed by atoms with Gasteiger partial charge in [0, 0.05) is 28.7 Å². The number of nitrogens with one attached hydrogen (secondary N) is 2. The Morgan fingerprint density at radius 1 is 1.36 bits per heavy atom. The minimum absolute atomic E-state index is 0.126. The van der Waals surface area contributed by atoms with Crippen LogP contribution in [0.2, 0.25) is 5.02 Å². The van der Waals surface area contributed by atoms with Gasteiger partial charge in [-0.2, -0.15) is 0 Å². The first-order chi connectivity index (χ1) is 10.5. The van der Waals surface area contributed by atoms with Crippen molar-refractivity contribution in [3.63, 3.8) is 0 Å². The number of halogens is 1. The highest BCUT2D eigenvalue weighted by atomic mass is 35.5. The number of ether oxygens (including phenoxy) is 1. The Bertz CT molecular complexity index is 622. The van der Waals surface area contributed by atoms with Crippen LogP contribution in [0.5, 0.6) is 0 Å². The first-order valence-corrected chi connectivity index (χ1v) is 8.03. The summed E-state index contributed by atoms with van der Waals surface area (Å²) >= 11 is 6.20. The van der Waals surface area contributed by atoms with Gasteiger partial charge in [-0.15, -0.1) is 0 Å².